The molecule has 0 saturated heterocycles. The molecule has 1 aromatic heterocycles. The fraction of sp³-hybridized carbons (Fsp3) is 0.545. The van der Waals surface area contributed by atoms with Gasteiger partial charge < -0.3 is 10.6 Å². The van der Waals surface area contributed by atoms with Crippen molar-refractivity contribution in [3.8, 4) is 0 Å². The van der Waals surface area contributed by atoms with Gasteiger partial charge in [0.25, 0.3) is 0 Å². The van der Waals surface area contributed by atoms with Crippen LogP contribution in [0.5, 0.6) is 0 Å². The van der Waals surface area contributed by atoms with Crippen molar-refractivity contribution in [3.63, 3.8) is 0 Å². The summed E-state index contributed by atoms with van der Waals surface area (Å²) in [4.78, 5) is 12.7. The van der Waals surface area contributed by atoms with Gasteiger partial charge in [-0.3, -0.25) is 4.79 Å². The maximum atomic E-state index is 11.5. The van der Waals surface area contributed by atoms with E-state index in [1.54, 1.807) is 11.3 Å². The van der Waals surface area contributed by atoms with Gasteiger partial charge in [0.2, 0.25) is 5.91 Å². The van der Waals surface area contributed by atoms with E-state index in [4.69, 9.17) is 0 Å². The van der Waals surface area contributed by atoms with Gasteiger partial charge in [-0.15, -0.1) is 11.3 Å². The molecule has 0 unspecified atom stereocenters. The topological polar surface area (TPSA) is 41.1 Å². The van der Waals surface area contributed by atoms with Crippen LogP contribution in [-0.2, 0) is 4.79 Å². The monoisotopic (exact) mass is 226 g/mol. The normalized spacial score (nSPS) is 12.4. The first kappa shape index (κ1) is 12.2. The third-order valence-corrected chi connectivity index (χ3v) is 3.18. The van der Waals surface area contributed by atoms with Gasteiger partial charge in [0.05, 0.1) is 6.04 Å². The van der Waals surface area contributed by atoms with Crippen LogP contribution in [0.4, 0.5) is 0 Å². The summed E-state index contributed by atoms with van der Waals surface area (Å²) < 4.78 is 0. The molecule has 1 aromatic rings. The molecule has 15 heavy (non-hydrogen) atoms. The Morgan fingerprint density at radius 3 is 3.00 bits per heavy atom. The van der Waals surface area contributed by atoms with Gasteiger partial charge in [-0.2, -0.15) is 0 Å². The quantitative estimate of drug-likeness (QED) is 0.728. The van der Waals surface area contributed by atoms with Crippen LogP contribution in [0.2, 0.25) is 0 Å². The summed E-state index contributed by atoms with van der Waals surface area (Å²) >= 11 is 1.67. The average Bonchev–Trinajstić information content (AvgIpc) is 2.70. The number of carbonyl (C=O) groups is 1. The van der Waals surface area contributed by atoms with Crippen LogP contribution in [0.25, 0.3) is 0 Å². The van der Waals surface area contributed by atoms with E-state index in [0.717, 1.165) is 13.1 Å². The molecule has 0 fully saturated rings. The summed E-state index contributed by atoms with van der Waals surface area (Å²) in [5, 5.41) is 8.13. The molecule has 0 saturated carbocycles. The lowest BCUT2D eigenvalue weighted by Crippen LogP contribution is -2.29. The van der Waals surface area contributed by atoms with Gasteiger partial charge in [-0.25, -0.2) is 0 Å². The van der Waals surface area contributed by atoms with E-state index in [2.05, 4.69) is 10.6 Å². The van der Waals surface area contributed by atoms with Crippen LogP contribution in [0.1, 0.15) is 31.2 Å². The van der Waals surface area contributed by atoms with Gasteiger partial charge in [0, 0.05) is 17.8 Å². The number of thiophene rings is 1. The van der Waals surface area contributed by atoms with E-state index in [1.807, 2.05) is 31.4 Å². The van der Waals surface area contributed by atoms with Crippen molar-refractivity contribution in [1.29, 1.82) is 0 Å². The summed E-state index contributed by atoms with van der Waals surface area (Å²) in [6, 6.07) is 4.17. The summed E-state index contributed by atoms with van der Waals surface area (Å²) in [6.45, 7) is 5.70. The van der Waals surface area contributed by atoms with Crippen LogP contribution in [0, 0.1) is 0 Å². The molecule has 1 heterocycles. The lowest BCUT2D eigenvalue weighted by molar-refractivity contribution is -0.121. The second-order valence-corrected chi connectivity index (χ2v) is 4.39. The smallest absolute Gasteiger partial charge is 0.221 e. The molecule has 0 bridgehead atoms. The van der Waals surface area contributed by atoms with Gasteiger partial charge >= 0.3 is 0 Å². The molecule has 0 aliphatic carbocycles. The maximum Gasteiger partial charge on any atom is 0.221 e. The Labute approximate surface area is 94.9 Å². The number of rotatable bonds is 6. The first-order valence-electron chi connectivity index (χ1n) is 5.27. The second kappa shape index (κ2) is 6.58. The lowest BCUT2D eigenvalue weighted by atomic mass is 10.2. The van der Waals surface area contributed by atoms with Gasteiger partial charge in [-0.1, -0.05) is 13.0 Å². The molecule has 0 spiro atoms. The van der Waals surface area contributed by atoms with Crippen molar-refractivity contribution in [2.75, 3.05) is 13.1 Å². The molecular formula is C11H18N2OS. The largest absolute Gasteiger partial charge is 0.349 e. The molecular weight excluding hydrogens is 208 g/mol. The fourth-order valence-electron chi connectivity index (χ4n) is 1.30. The van der Waals surface area contributed by atoms with Gasteiger partial charge in [-0.05, 0) is 24.9 Å². The third kappa shape index (κ3) is 4.44. The number of hydrogen-bond donors (Lipinski definition) is 2. The van der Waals surface area contributed by atoms with Crippen molar-refractivity contribution < 1.29 is 4.79 Å². The molecule has 0 aliphatic heterocycles. The Bertz CT molecular complexity index is 285. The Balaban J connectivity index is 2.26. The molecule has 84 valence electrons. The number of carbonyl (C=O) groups excluding carboxylic acids is 1. The van der Waals surface area contributed by atoms with E-state index in [1.165, 1.54) is 4.88 Å². The number of hydrogen-bond acceptors (Lipinski definition) is 3. The Morgan fingerprint density at radius 1 is 1.60 bits per heavy atom. The van der Waals surface area contributed by atoms with Crippen LogP contribution < -0.4 is 10.6 Å². The molecule has 0 aliphatic rings. The van der Waals surface area contributed by atoms with E-state index in [0.29, 0.717) is 6.42 Å². The minimum Gasteiger partial charge on any atom is -0.349 e. The molecule has 1 rings (SSSR count). The summed E-state index contributed by atoms with van der Waals surface area (Å²) in [7, 11) is 0. The highest BCUT2D eigenvalue weighted by atomic mass is 32.1. The highest BCUT2D eigenvalue weighted by molar-refractivity contribution is 7.10. The Hall–Kier alpha value is -0.870. The minimum absolute atomic E-state index is 0.108. The lowest BCUT2D eigenvalue weighted by Gasteiger charge is -2.12. The van der Waals surface area contributed by atoms with Crippen molar-refractivity contribution in [3.05, 3.63) is 22.4 Å². The minimum atomic E-state index is 0.108. The molecule has 4 heteroatoms. The van der Waals surface area contributed by atoms with Crippen LogP contribution >= 0.6 is 11.3 Å². The Morgan fingerprint density at radius 2 is 2.40 bits per heavy atom. The first-order chi connectivity index (χ1) is 7.24. The molecule has 0 aromatic carbocycles. The SMILES string of the molecule is CCNCCC(=O)N[C@H](C)c1cccs1. The van der Waals surface area contributed by atoms with Crippen molar-refractivity contribution in [2.24, 2.45) is 0 Å². The average molecular weight is 226 g/mol. The Kier molecular flexibility index (Phi) is 5.36. The van der Waals surface area contributed by atoms with Crippen molar-refractivity contribution in [2.45, 2.75) is 26.3 Å². The van der Waals surface area contributed by atoms with Gasteiger partial charge in [0.15, 0.2) is 0 Å². The van der Waals surface area contributed by atoms with Crippen LogP contribution in [0.15, 0.2) is 17.5 Å². The highest BCUT2D eigenvalue weighted by Crippen LogP contribution is 2.17. The van der Waals surface area contributed by atoms with E-state index in [9.17, 15) is 4.79 Å². The zero-order valence-electron chi connectivity index (χ0n) is 9.25. The zero-order valence-corrected chi connectivity index (χ0v) is 10.1. The molecule has 1 amide bonds. The number of amides is 1. The predicted molar refractivity (Wildman–Crippen MR) is 64.0 cm³/mol. The number of nitrogens with one attached hydrogen (secondary N) is 2. The fourth-order valence-corrected chi connectivity index (χ4v) is 2.04. The maximum absolute atomic E-state index is 11.5. The zero-order chi connectivity index (χ0) is 11.1. The molecule has 1 atom stereocenters. The highest BCUT2D eigenvalue weighted by Gasteiger charge is 2.09. The van der Waals surface area contributed by atoms with E-state index in [-0.39, 0.29) is 11.9 Å². The van der Waals surface area contributed by atoms with Crippen LogP contribution in [-0.4, -0.2) is 19.0 Å². The van der Waals surface area contributed by atoms with E-state index < -0.39 is 0 Å². The summed E-state index contributed by atoms with van der Waals surface area (Å²) in [5.74, 6) is 0.108. The van der Waals surface area contributed by atoms with Crippen molar-refractivity contribution >= 4 is 17.2 Å². The molecule has 0 radical (unpaired) electrons. The first-order valence-corrected chi connectivity index (χ1v) is 6.15. The standard InChI is InChI=1S/C11H18N2OS/c1-3-12-7-6-11(14)13-9(2)10-5-4-8-15-10/h4-5,8-9,12H,3,6-7H2,1-2H3,(H,13,14)/t9-/m1/s1. The van der Waals surface area contributed by atoms with E-state index >= 15 is 0 Å². The molecule has 2 N–H and O–H groups in total. The second-order valence-electron chi connectivity index (χ2n) is 3.41. The van der Waals surface area contributed by atoms with Crippen LogP contribution in [0.3, 0.4) is 0 Å². The predicted octanol–water partition coefficient (Wildman–Crippen LogP) is 1.92. The van der Waals surface area contributed by atoms with Gasteiger partial charge in [0.1, 0.15) is 0 Å². The summed E-state index contributed by atoms with van der Waals surface area (Å²) in [6.07, 6.45) is 0.545. The molecule has 3 nitrogen and oxygen atoms in total. The summed E-state index contributed by atoms with van der Waals surface area (Å²) in [5.41, 5.74) is 0. The third-order valence-electron chi connectivity index (χ3n) is 2.13. The van der Waals surface area contributed by atoms with Crippen molar-refractivity contribution in [1.82, 2.24) is 10.6 Å².